The molecule has 1 amide bonds. The van der Waals surface area contributed by atoms with Gasteiger partial charge in [-0.15, -0.1) is 0 Å². The summed E-state index contributed by atoms with van der Waals surface area (Å²) in [5, 5.41) is 0. The Morgan fingerprint density at radius 2 is 2.24 bits per heavy atom. The molecule has 2 fully saturated rings. The van der Waals surface area contributed by atoms with E-state index in [-0.39, 0.29) is 5.91 Å². The van der Waals surface area contributed by atoms with Crippen LogP contribution >= 0.6 is 0 Å². The van der Waals surface area contributed by atoms with E-state index in [2.05, 4.69) is 11.1 Å². The summed E-state index contributed by atoms with van der Waals surface area (Å²) in [4.78, 5) is 17.5. The Kier molecular flexibility index (Phi) is 4.24. The standard InChI is InChI=1S/C17H24N2O2/c1-14(20)19-9-6-17(7-10-19)5-4-16(21-13-17)11-15-3-2-8-18-12-15/h2-3,8,12,16H,4-7,9-11,13H2,1H3/t16-/m1/s1. The first-order chi connectivity index (χ1) is 10.2. The highest BCUT2D eigenvalue weighted by Crippen LogP contribution is 2.40. The number of carbonyl (C=O) groups excluding carboxylic acids is 1. The minimum atomic E-state index is 0.205. The maximum atomic E-state index is 11.4. The van der Waals surface area contributed by atoms with Crippen molar-refractivity contribution in [3.8, 4) is 0 Å². The second kappa shape index (κ2) is 6.14. The fourth-order valence-corrected chi connectivity index (χ4v) is 3.55. The predicted molar refractivity (Wildman–Crippen MR) is 80.8 cm³/mol. The number of hydrogen-bond acceptors (Lipinski definition) is 3. The average molecular weight is 288 g/mol. The highest BCUT2D eigenvalue weighted by atomic mass is 16.5. The van der Waals surface area contributed by atoms with Gasteiger partial charge in [-0.1, -0.05) is 6.07 Å². The molecule has 1 aromatic rings. The molecule has 2 aliphatic rings. The third-order valence-corrected chi connectivity index (χ3v) is 5.08. The van der Waals surface area contributed by atoms with Crippen LogP contribution in [0.5, 0.6) is 0 Å². The van der Waals surface area contributed by atoms with Gasteiger partial charge in [0.25, 0.3) is 0 Å². The van der Waals surface area contributed by atoms with Crippen molar-refractivity contribution in [1.82, 2.24) is 9.88 Å². The lowest BCUT2D eigenvalue weighted by atomic mass is 9.73. The number of piperidine rings is 1. The Morgan fingerprint density at radius 3 is 2.81 bits per heavy atom. The van der Waals surface area contributed by atoms with Crippen LogP contribution in [0.2, 0.25) is 0 Å². The first-order valence-electron chi connectivity index (χ1n) is 7.93. The van der Waals surface area contributed by atoms with E-state index in [9.17, 15) is 4.79 Å². The first-order valence-corrected chi connectivity index (χ1v) is 7.93. The second-order valence-corrected chi connectivity index (χ2v) is 6.54. The third kappa shape index (κ3) is 3.43. The molecular weight excluding hydrogens is 264 g/mol. The zero-order valence-electron chi connectivity index (χ0n) is 12.8. The molecule has 2 saturated heterocycles. The number of aromatic nitrogens is 1. The van der Waals surface area contributed by atoms with E-state index in [0.717, 1.165) is 45.4 Å². The summed E-state index contributed by atoms with van der Waals surface area (Å²) in [5.74, 6) is 0.205. The van der Waals surface area contributed by atoms with E-state index in [1.165, 1.54) is 12.0 Å². The molecule has 4 heteroatoms. The summed E-state index contributed by atoms with van der Waals surface area (Å²) in [6.07, 6.45) is 9.55. The maximum Gasteiger partial charge on any atom is 0.219 e. The summed E-state index contributed by atoms with van der Waals surface area (Å²) >= 11 is 0. The van der Waals surface area contributed by atoms with E-state index < -0.39 is 0 Å². The molecule has 0 radical (unpaired) electrons. The van der Waals surface area contributed by atoms with E-state index in [1.807, 2.05) is 23.4 Å². The maximum absolute atomic E-state index is 11.4. The number of likely N-dealkylation sites (tertiary alicyclic amines) is 1. The summed E-state index contributed by atoms with van der Waals surface area (Å²) < 4.78 is 6.14. The Labute approximate surface area is 126 Å². The minimum absolute atomic E-state index is 0.205. The van der Waals surface area contributed by atoms with Gasteiger partial charge in [0.1, 0.15) is 0 Å². The summed E-state index contributed by atoms with van der Waals surface area (Å²) in [6, 6.07) is 4.10. The lowest BCUT2D eigenvalue weighted by molar-refractivity contribution is -0.135. The van der Waals surface area contributed by atoms with Crippen molar-refractivity contribution in [2.45, 2.75) is 45.1 Å². The number of pyridine rings is 1. The fourth-order valence-electron chi connectivity index (χ4n) is 3.55. The molecule has 3 rings (SSSR count). The Balaban J connectivity index is 1.50. The molecule has 21 heavy (non-hydrogen) atoms. The van der Waals surface area contributed by atoms with Gasteiger partial charge in [-0.05, 0) is 42.7 Å². The molecule has 1 atom stereocenters. The molecule has 0 aromatic carbocycles. The molecular formula is C17H24N2O2. The molecule has 3 heterocycles. The molecule has 2 aliphatic heterocycles. The summed E-state index contributed by atoms with van der Waals surface area (Å²) in [5.41, 5.74) is 1.57. The SMILES string of the molecule is CC(=O)N1CCC2(CC[C@H](Cc3cccnc3)OC2)CC1. The van der Waals surface area contributed by atoms with Crippen LogP contribution in [0, 0.1) is 5.41 Å². The van der Waals surface area contributed by atoms with Crippen molar-refractivity contribution in [3.05, 3.63) is 30.1 Å². The molecule has 0 aliphatic carbocycles. The van der Waals surface area contributed by atoms with Gasteiger partial charge in [-0.3, -0.25) is 9.78 Å². The van der Waals surface area contributed by atoms with Crippen LogP contribution in [-0.4, -0.2) is 41.6 Å². The van der Waals surface area contributed by atoms with Gasteiger partial charge in [-0.25, -0.2) is 0 Å². The van der Waals surface area contributed by atoms with Crippen molar-refractivity contribution in [3.63, 3.8) is 0 Å². The van der Waals surface area contributed by atoms with Crippen molar-refractivity contribution < 1.29 is 9.53 Å². The number of rotatable bonds is 2. The normalized spacial score (nSPS) is 25.0. The van der Waals surface area contributed by atoms with Crippen LogP contribution < -0.4 is 0 Å². The van der Waals surface area contributed by atoms with E-state index in [1.54, 1.807) is 6.92 Å². The van der Waals surface area contributed by atoms with Crippen molar-refractivity contribution in [1.29, 1.82) is 0 Å². The van der Waals surface area contributed by atoms with Crippen LogP contribution in [0.4, 0.5) is 0 Å². The summed E-state index contributed by atoms with van der Waals surface area (Å²) in [7, 11) is 0. The van der Waals surface area contributed by atoms with Gasteiger partial charge >= 0.3 is 0 Å². The predicted octanol–water partition coefficient (Wildman–Crippen LogP) is 2.43. The molecule has 0 bridgehead atoms. The Bertz CT molecular complexity index is 471. The van der Waals surface area contributed by atoms with Gasteiger partial charge in [0.05, 0.1) is 12.7 Å². The minimum Gasteiger partial charge on any atom is -0.377 e. The number of amides is 1. The topological polar surface area (TPSA) is 42.4 Å². The molecule has 1 aromatic heterocycles. The molecule has 4 nitrogen and oxygen atoms in total. The number of carbonyl (C=O) groups is 1. The third-order valence-electron chi connectivity index (χ3n) is 5.08. The van der Waals surface area contributed by atoms with E-state index in [4.69, 9.17) is 4.74 Å². The summed E-state index contributed by atoms with van der Waals surface area (Å²) in [6.45, 7) is 4.31. The van der Waals surface area contributed by atoms with Gasteiger partial charge in [0.2, 0.25) is 5.91 Å². The van der Waals surface area contributed by atoms with Crippen LogP contribution in [0.15, 0.2) is 24.5 Å². The lowest BCUT2D eigenvalue weighted by Gasteiger charge is -2.45. The van der Waals surface area contributed by atoms with Crippen molar-refractivity contribution in [2.75, 3.05) is 19.7 Å². The zero-order chi connectivity index (χ0) is 14.7. The van der Waals surface area contributed by atoms with Crippen molar-refractivity contribution >= 4 is 5.91 Å². The molecule has 0 unspecified atom stereocenters. The second-order valence-electron chi connectivity index (χ2n) is 6.54. The number of nitrogens with zero attached hydrogens (tertiary/aromatic N) is 2. The van der Waals surface area contributed by atoms with Gasteiger partial charge < -0.3 is 9.64 Å². The Hall–Kier alpha value is -1.42. The highest BCUT2D eigenvalue weighted by molar-refractivity contribution is 5.73. The average Bonchev–Trinajstić information content (AvgIpc) is 2.51. The molecule has 114 valence electrons. The molecule has 0 N–H and O–H groups in total. The van der Waals surface area contributed by atoms with Gasteiger partial charge in [-0.2, -0.15) is 0 Å². The van der Waals surface area contributed by atoms with Crippen LogP contribution in [0.3, 0.4) is 0 Å². The van der Waals surface area contributed by atoms with Gasteiger partial charge in [0.15, 0.2) is 0 Å². The Morgan fingerprint density at radius 1 is 1.43 bits per heavy atom. The molecule has 0 saturated carbocycles. The van der Waals surface area contributed by atoms with Crippen molar-refractivity contribution in [2.24, 2.45) is 5.41 Å². The smallest absolute Gasteiger partial charge is 0.219 e. The fraction of sp³-hybridized carbons (Fsp3) is 0.647. The number of ether oxygens (including phenoxy) is 1. The van der Waals surface area contributed by atoms with Gasteiger partial charge in [0, 0.05) is 38.8 Å². The van der Waals surface area contributed by atoms with Crippen LogP contribution in [-0.2, 0) is 16.0 Å². The first kappa shape index (κ1) is 14.5. The number of hydrogen-bond donors (Lipinski definition) is 0. The largest absolute Gasteiger partial charge is 0.377 e. The van der Waals surface area contributed by atoms with Crippen LogP contribution in [0.1, 0.15) is 38.2 Å². The van der Waals surface area contributed by atoms with Crippen LogP contribution in [0.25, 0.3) is 0 Å². The monoisotopic (exact) mass is 288 g/mol. The van der Waals surface area contributed by atoms with E-state index in [0.29, 0.717) is 11.5 Å². The quantitative estimate of drug-likeness (QED) is 0.839. The molecule has 1 spiro atoms. The highest BCUT2D eigenvalue weighted by Gasteiger charge is 2.39. The zero-order valence-corrected chi connectivity index (χ0v) is 12.8. The van der Waals surface area contributed by atoms with E-state index >= 15 is 0 Å². The lowest BCUT2D eigenvalue weighted by Crippen LogP contribution is -2.47.